The third kappa shape index (κ3) is 4.11. The monoisotopic (exact) mass is 670 g/mol. The van der Waals surface area contributed by atoms with E-state index in [1.54, 1.807) is 0 Å². The number of halogens is 3. The summed E-state index contributed by atoms with van der Waals surface area (Å²) < 4.78 is 25.3. The summed E-state index contributed by atoms with van der Waals surface area (Å²) in [6, 6.07) is 7.35. The van der Waals surface area contributed by atoms with Gasteiger partial charge >= 0.3 is 0 Å². The highest BCUT2D eigenvalue weighted by Gasteiger charge is 2.77. The van der Waals surface area contributed by atoms with Crippen LogP contribution in [0, 0.1) is 23.6 Å². The number of allylic oxidation sites excluding steroid dienone is 2. The van der Waals surface area contributed by atoms with Crippen LogP contribution in [0.4, 0.5) is 10.1 Å². The zero-order valence-corrected chi connectivity index (χ0v) is 26.8. The molecule has 5 aliphatic rings. The van der Waals surface area contributed by atoms with Crippen LogP contribution in [-0.2, 0) is 19.2 Å². The zero-order chi connectivity index (χ0) is 32.7. The maximum absolute atomic E-state index is 14.6. The number of alkyl halides is 2. The van der Waals surface area contributed by atoms with E-state index >= 15 is 0 Å². The molecule has 0 aromatic heterocycles. The number of likely N-dealkylation sites (tertiary alicyclic amines) is 1. The van der Waals surface area contributed by atoms with Gasteiger partial charge in [0.1, 0.15) is 23.1 Å². The summed E-state index contributed by atoms with van der Waals surface area (Å²) in [7, 11) is 2.76. The van der Waals surface area contributed by atoms with Crippen LogP contribution >= 0.6 is 23.2 Å². The lowest BCUT2D eigenvalue weighted by Gasteiger charge is -2.51. The number of methoxy groups -OCH3 is 2. The number of hydrogen-bond donors (Lipinski definition) is 1. The number of phenols is 1. The van der Waals surface area contributed by atoms with Crippen LogP contribution < -0.4 is 14.4 Å². The van der Waals surface area contributed by atoms with Crippen molar-refractivity contribution in [3.05, 3.63) is 59.4 Å². The quantitative estimate of drug-likeness (QED) is 0.256. The van der Waals surface area contributed by atoms with E-state index in [1.807, 2.05) is 6.08 Å². The van der Waals surface area contributed by atoms with Crippen LogP contribution in [-0.4, -0.2) is 63.6 Å². The molecule has 2 heterocycles. The SMILES string of the molecule is COc1cc(O)cc(OC)c1[C@H]1C2=CC[C@@H]3C(=O)N(C4CCCCC4)C(=O)[C@@H]3[C@@H]2C[C@@]2(Cl)C(=O)N(c3ccc(F)cc3)C(=O)[C@@]12Cl. The minimum absolute atomic E-state index is 0.0830. The zero-order valence-electron chi connectivity index (χ0n) is 25.3. The fraction of sp³-hybridized carbons (Fsp3) is 0.471. The number of anilines is 1. The molecule has 7 rings (SSSR count). The first-order chi connectivity index (χ1) is 22.0. The summed E-state index contributed by atoms with van der Waals surface area (Å²) in [5.41, 5.74) is 0.920. The molecule has 242 valence electrons. The molecule has 2 aromatic carbocycles. The molecule has 2 aromatic rings. The van der Waals surface area contributed by atoms with Crippen LogP contribution in [0.2, 0.25) is 0 Å². The molecule has 4 amide bonds. The average molecular weight is 672 g/mol. The summed E-state index contributed by atoms with van der Waals surface area (Å²) in [5.74, 6) is -6.01. The maximum atomic E-state index is 14.6. The Hall–Kier alpha value is -3.63. The highest BCUT2D eigenvalue weighted by molar-refractivity contribution is 6.58. The molecular formula is C34H33Cl2FN2O7. The number of aromatic hydroxyl groups is 1. The lowest BCUT2D eigenvalue weighted by Crippen LogP contribution is -2.60. The van der Waals surface area contributed by atoms with Crippen molar-refractivity contribution in [1.82, 2.24) is 4.90 Å². The number of carbonyl (C=O) groups is 4. The van der Waals surface area contributed by atoms with E-state index in [4.69, 9.17) is 32.7 Å². The Balaban J connectivity index is 1.43. The molecule has 9 nitrogen and oxygen atoms in total. The van der Waals surface area contributed by atoms with E-state index in [9.17, 15) is 28.7 Å². The van der Waals surface area contributed by atoms with Gasteiger partial charge < -0.3 is 14.6 Å². The topological polar surface area (TPSA) is 113 Å². The number of hydrogen-bond acceptors (Lipinski definition) is 7. The van der Waals surface area contributed by atoms with Crippen LogP contribution in [0.1, 0.15) is 56.4 Å². The summed E-state index contributed by atoms with van der Waals surface area (Å²) in [5, 5.41) is 10.5. The molecule has 4 fully saturated rings. The second-order valence-electron chi connectivity index (χ2n) is 12.9. The van der Waals surface area contributed by atoms with Gasteiger partial charge in [-0.1, -0.05) is 30.9 Å². The van der Waals surface area contributed by atoms with Gasteiger partial charge in [-0.2, -0.15) is 0 Å². The summed E-state index contributed by atoms with van der Waals surface area (Å²) in [6.45, 7) is 0. The molecule has 2 aliphatic heterocycles. The number of carbonyl (C=O) groups excluding carboxylic acids is 4. The van der Waals surface area contributed by atoms with Crippen LogP contribution in [0.15, 0.2) is 48.0 Å². The van der Waals surface area contributed by atoms with E-state index in [2.05, 4.69) is 0 Å². The number of ether oxygens (including phenoxy) is 2. The van der Waals surface area contributed by atoms with E-state index < -0.39 is 51.1 Å². The van der Waals surface area contributed by atoms with Crippen molar-refractivity contribution in [2.45, 2.75) is 66.7 Å². The summed E-state index contributed by atoms with van der Waals surface area (Å²) in [4.78, 5) is 55.2. The van der Waals surface area contributed by atoms with Gasteiger partial charge in [-0.15, -0.1) is 23.2 Å². The van der Waals surface area contributed by atoms with Crippen molar-refractivity contribution in [3.8, 4) is 17.2 Å². The predicted molar refractivity (Wildman–Crippen MR) is 167 cm³/mol. The molecule has 0 spiro atoms. The number of imide groups is 2. The summed E-state index contributed by atoms with van der Waals surface area (Å²) in [6.07, 6.45) is 6.30. The van der Waals surface area contributed by atoms with Crippen LogP contribution in [0.25, 0.3) is 0 Å². The van der Waals surface area contributed by atoms with Crippen molar-refractivity contribution in [1.29, 1.82) is 0 Å². The maximum Gasteiger partial charge on any atom is 0.258 e. The number of phenolic OH excluding ortho intramolecular Hbond substituents is 1. The summed E-state index contributed by atoms with van der Waals surface area (Å²) >= 11 is 14.9. The lowest BCUT2D eigenvalue weighted by atomic mass is 9.56. The van der Waals surface area contributed by atoms with E-state index in [1.165, 1.54) is 43.4 Å². The Kier molecular flexibility index (Phi) is 7.40. The largest absolute Gasteiger partial charge is 0.508 e. The predicted octanol–water partition coefficient (Wildman–Crippen LogP) is 5.44. The smallest absolute Gasteiger partial charge is 0.258 e. The number of benzene rings is 2. The van der Waals surface area contributed by atoms with Gasteiger partial charge in [0.05, 0.1) is 31.7 Å². The molecule has 2 saturated carbocycles. The molecular weight excluding hydrogens is 638 g/mol. The number of nitrogens with zero attached hydrogens (tertiary/aromatic N) is 2. The van der Waals surface area contributed by atoms with Crippen molar-refractivity contribution in [2.75, 3.05) is 19.1 Å². The van der Waals surface area contributed by atoms with Gasteiger partial charge in [-0.05, 0) is 55.9 Å². The van der Waals surface area contributed by atoms with Gasteiger partial charge in [-0.25, -0.2) is 9.29 Å². The fourth-order valence-electron chi connectivity index (χ4n) is 8.65. The molecule has 0 radical (unpaired) electrons. The Morgan fingerprint density at radius 2 is 1.52 bits per heavy atom. The molecule has 0 bridgehead atoms. The highest BCUT2D eigenvalue weighted by atomic mass is 35.5. The molecule has 6 atom stereocenters. The number of fused-ring (bicyclic) bond motifs is 4. The molecule has 1 N–H and O–H groups in total. The Bertz CT molecular complexity index is 1670. The average Bonchev–Trinajstić information content (AvgIpc) is 3.39. The second kappa shape index (κ2) is 11.0. The number of amides is 4. The first kappa shape index (κ1) is 31.0. The van der Waals surface area contributed by atoms with Crippen molar-refractivity contribution in [2.24, 2.45) is 17.8 Å². The molecule has 12 heteroatoms. The van der Waals surface area contributed by atoms with E-state index in [0.29, 0.717) is 5.57 Å². The van der Waals surface area contributed by atoms with Crippen molar-refractivity contribution in [3.63, 3.8) is 0 Å². The lowest BCUT2D eigenvalue weighted by molar-refractivity contribution is -0.143. The third-order valence-corrected chi connectivity index (χ3v) is 12.1. The first-order valence-corrected chi connectivity index (χ1v) is 16.3. The van der Waals surface area contributed by atoms with Crippen molar-refractivity contribution >= 4 is 52.5 Å². The first-order valence-electron chi connectivity index (χ1n) is 15.5. The van der Waals surface area contributed by atoms with Gasteiger partial charge in [-0.3, -0.25) is 24.1 Å². The molecule has 3 aliphatic carbocycles. The Labute approximate surface area is 275 Å². The third-order valence-electron chi connectivity index (χ3n) is 10.7. The standard InChI is InChI=1S/C34H33Cl2FN2O7/c1-45-24-14-20(40)15-25(46-2)27(24)28-21-12-13-22-26(30(42)38(29(22)41)18-6-4-3-5-7-18)23(21)16-33(35)31(43)39(32(44)34(28,33)36)19-10-8-17(37)9-11-19/h8-12,14-15,18,22-23,26,28,40H,3-7,13,16H2,1-2H3/t22-,23+,26-,28+,33+,34-/m0/s1. The molecule has 2 saturated heterocycles. The molecule has 0 unspecified atom stereocenters. The minimum Gasteiger partial charge on any atom is -0.508 e. The van der Waals surface area contributed by atoms with Gasteiger partial charge in [0.2, 0.25) is 11.8 Å². The Morgan fingerprint density at radius 1 is 0.891 bits per heavy atom. The minimum atomic E-state index is -2.17. The van der Waals surface area contributed by atoms with Crippen LogP contribution in [0.3, 0.4) is 0 Å². The van der Waals surface area contributed by atoms with Crippen LogP contribution in [0.5, 0.6) is 17.2 Å². The van der Waals surface area contributed by atoms with Gasteiger partial charge in [0.15, 0.2) is 9.75 Å². The van der Waals surface area contributed by atoms with E-state index in [-0.39, 0.29) is 59.2 Å². The van der Waals surface area contributed by atoms with E-state index in [0.717, 1.165) is 49.1 Å². The number of rotatable bonds is 5. The highest BCUT2D eigenvalue weighted by Crippen LogP contribution is 2.67. The van der Waals surface area contributed by atoms with Crippen molar-refractivity contribution < 1.29 is 38.1 Å². The fourth-order valence-corrected chi connectivity index (χ4v) is 9.57. The normalized spacial score (nSPS) is 32.7. The van der Waals surface area contributed by atoms with Gasteiger partial charge in [0.25, 0.3) is 11.8 Å². The second-order valence-corrected chi connectivity index (χ2v) is 14.1. The molecule has 46 heavy (non-hydrogen) atoms. The Morgan fingerprint density at radius 3 is 2.13 bits per heavy atom. The van der Waals surface area contributed by atoms with Gasteiger partial charge in [0, 0.05) is 29.7 Å².